The Kier molecular flexibility index (Phi) is 4.86. The molecule has 0 bridgehead atoms. The van der Waals surface area contributed by atoms with Gasteiger partial charge in [0, 0.05) is 27.2 Å². The highest BCUT2D eigenvalue weighted by atomic mass is 35.5. The highest BCUT2D eigenvalue weighted by Gasteiger charge is 2.10. The Morgan fingerprint density at radius 3 is 2.65 bits per heavy atom. The van der Waals surface area contributed by atoms with Gasteiger partial charge < -0.3 is 10.5 Å². The molecule has 0 heterocycles. The molecule has 2 aromatic rings. The van der Waals surface area contributed by atoms with E-state index < -0.39 is 0 Å². The zero-order valence-corrected chi connectivity index (χ0v) is 12.4. The van der Waals surface area contributed by atoms with Crippen molar-refractivity contribution in [2.75, 3.05) is 0 Å². The van der Waals surface area contributed by atoms with Gasteiger partial charge in [-0.1, -0.05) is 23.2 Å². The van der Waals surface area contributed by atoms with Gasteiger partial charge in [0.1, 0.15) is 18.2 Å². The number of ether oxygens (including phenoxy) is 1. The second kappa shape index (κ2) is 6.44. The Morgan fingerprint density at radius 2 is 1.95 bits per heavy atom. The van der Waals surface area contributed by atoms with Crippen LogP contribution in [0.1, 0.15) is 24.1 Å². The third kappa shape index (κ3) is 3.63. The van der Waals surface area contributed by atoms with E-state index in [4.69, 9.17) is 33.7 Å². The van der Waals surface area contributed by atoms with Gasteiger partial charge in [-0.3, -0.25) is 0 Å². The van der Waals surface area contributed by atoms with E-state index in [1.165, 1.54) is 18.2 Å². The van der Waals surface area contributed by atoms with Crippen LogP contribution in [0.25, 0.3) is 0 Å². The Morgan fingerprint density at radius 1 is 1.20 bits per heavy atom. The lowest BCUT2D eigenvalue weighted by atomic mass is 10.1. The van der Waals surface area contributed by atoms with Crippen LogP contribution in [0.5, 0.6) is 5.75 Å². The summed E-state index contributed by atoms with van der Waals surface area (Å²) in [6, 6.07) is 9.17. The fourth-order valence-corrected chi connectivity index (χ4v) is 2.17. The first-order chi connectivity index (χ1) is 9.47. The van der Waals surface area contributed by atoms with Crippen LogP contribution < -0.4 is 10.5 Å². The smallest absolute Gasteiger partial charge is 0.124 e. The Labute approximate surface area is 127 Å². The highest BCUT2D eigenvalue weighted by molar-refractivity contribution is 6.31. The third-order valence-corrected chi connectivity index (χ3v) is 3.46. The van der Waals surface area contributed by atoms with Gasteiger partial charge in [0.2, 0.25) is 0 Å². The van der Waals surface area contributed by atoms with Crippen molar-refractivity contribution in [2.24, 2.45) is 5.73 Å². The van der Waals surface area contributed by atoms with Crippen LogP contribution in [0.2, 0.25) is 10.0 Å². The summed E-state index contributed by atoms with van der Waals surface area (Å²) in [6.45, 7) is 2.01. The van der Waals surface area contributed by atoms with Crippen molar-refractivity contribution in [3.05, 3.63) is 63.4 Å². The molecule has 0 fully saturated rings. The quantitative estimate of drug-likeness (QED) is 0.885. The molecule has 0 saturated heterocycles. The van der Waals surface area contributed by atoms with Gasteiger partial charge >= 0.3 is 0 Å². The number of rotatable bonds is 4. The summed E-state index contributed by atoms with van der Waals surface area (Å²) in [5, 5.41) is 1.05. The molecular weight excluding hydrogens is 300 g/mol. The van der Waals surface area contributed by atoms with Crippen molar-refractivity contribution in [1.82, 2.24) is 0 Å². The molecular formula is C15H14Cl2FNO. The van der Waals surface area contributed by atoms with Gasteiger partial charge in [0.05, 0.1) is 0 Å². The van der Waals surface area contributed by atoms with Gasteiger partial charge in [-0.25, -0.2) is 4.39 Å². The molecule has 1 atom stereocenters. The monoisotopic (exact) mass is 313 g/mol. The average Bonchev–Trinajstić information content (AvgIpc) is 2.40. The van der Waals surface area contributed by atoms with E-state index in [0.717, 1.165) is 5.56 Å². The normalized spacial score (nSPS) is 12.2. The highest BCUT2D eigenvalue weighted by Crippen LogP contribution is 2.28. The summed E-state index contributed by atoms with van der Waals surface area (Å²) in [5.41, 5.74) is 7.26. The maximum absolute atomic E-state index is 13.2. The summed E-state index contributed by atoms with van der Waals surface area (Å²) in [6.07, 6.45) is 0. The lowest BCUT2D eigenvalue weighted by Gasteiger charge is -2.15. The lowest BCUT2D eigenvalue weighted by molar-refractivity contribution is 0.301. The predicted octanol–water partition coefficient (Wildman–Crippen LogP) is 4.73. The minimum Gasteiger partial charge on any atom is -0.489 e. The van der Waals surface area contributed by atoms with Crippen molar-refractivity contribution in [3.63, 3.8) is 0 Å². The molecule has 2 rings (SSSR count). The maximum atomic E-state index is 13.2. The molecule has 20 heavy (non-hydrogen) atoms. The lowest BCUT2D eigenvalue weighted by Crippen LogP contribution is -2.08. The Hall–Kier alpha value is -1.29. The summed E-state index contributed by atoms with van der Waals surface area (Å²) in [7, 11) is 0. The molecule has 0 saturated carbocycles. The summed E-state index contributed by atoms with van der Waals surface area (Å²) >= 11 is 11.9. The Balaban J connectivity index is 2.20. The van der Waals surface area contributed by atoms with E-state index in [1.807, 2.05) is 6.92 Å². The van der Waals surface area contributed by atoms with Crippen LogP contribution in [0.4, 0.5) is 4.39 Å². The SMILES string of the molecule is C[C@H](N)c1cc(Cl)ccc1OCc1cc(F)ccc1Cl. The van der Waals surface area contributed by atoms with Crippen molar-refractivity contribution in [1.29, 1.82) is 0 Å². The molecule has 0 spiro atoms. The van der Waals surface area contributed by atoms with Crippen LogP contribution in [0.3, 0.4) is 0 Å². The molecule has 0 radical (unpaired) electrons. The second-order valence-corrected chi connectivity index (χ2v) is 5.34. The number of halogens is 3. The van der Waals surface area contributed by atoms with Gasteiger partial charge in [-0.15, -0.1) is 0 Å². The van der Waals surface area contributed by atoms with Crippen molar-refractivity contribution in [2.45, 2.75) is 19.6 Å². The second-order valence-electron chi connectivity index (χ2n) is 4.50. The first-order valence-electron chi connectivity index (χ1n) is 6.09. The van der Waals surface area contributed by atoms with Gasteiger partial charge in [-0.05, 0) is 43.3 Å². The molecule has 106 valence electrons. The van der Waals surface area contributed by atoms with Crippen LogP contribution in [0, 0.1) is 5.82 Å². The van der Waals surface area contributed by atoms with E-state index >= 15 is 0 Å². The molecule has 0 aliphatic heterocycles. The fraction of sp³-hybridized carbons (Fsp3) is 0.200. The maximum Gasteiger partial charge on any atom is 0.124 e. The van der Waals surface area contributed by atoms with Gasteiger partial charge in [0.15, 0.2) is 0 Å². The molecule has 5 heteroatoms. The zero-order valence-electron chi connectivity index (χ0n) is 10.9. The van der Waals surface area contributed by atoms with Gasteiger partial charge in [0.25, 0.3) is 0 Å². The van der Waals surface area contributed by atoms with Crippen LogP contribution in [-0.4, -0.2) is 0 Å². The number of hydrogen-bond acceptors (Lipinski definition) is 2. The third-order valence-electron chi connectivity index (χ3n) is 2.85. The number of benzene rings is 2. The topological polar surface area (TPSA) is 35.2 Å². The van der Waals surface area contributed by atoms with E-state index in [0.29, 0.717) is 21.4 Å². The van der Waals surface area contributed by atoms with Crippen molar-refractivity contribution in [3.8, 4) is 5.75 Å². The van der Waals surface area contributed by atoms with Crippen LogP contribution in [0.15, 0.2) is 36.4 Å². The molecule has 0 amide bonds. The van der Waals surface area contributed by atoms with Crippen molar-refractivity contribution >= 4 is 23.2 Å². The van der Waals surface area contributed by atoms with E-state index in [2.05, 4.69) is 0 Å². The molecule has 0 aliphatic rings. The van der Waals surface area contributed by atoms with Crippen LogP contribution >= 0.6 is 23.2 Å². The largest absolute Gasteiger partial charge is 0.489 e. The molecule has 0 unspecified atom stereocenters. The molecule has 2 nitrogen and oxygen atoms in total. The van der Waals surface area contributed by atoms with Gasteiger partial charge in [-0.2, -0.15) is 0 Å². The number of nitrogens with two attached hydrogens (primary N) is 1. The van der Waals surface area contributed by atoms with E-state index in [1.54, 1.807) is 18.2 Å². The summed E-state index contributed by atoms with van der Waals surface area (Å²) in [5.74, 6) is 0.265. The standard InChI is InChI=1S/C15H14Cl2FNO/c1-9(19)13-7-11(16)2-5-15(13)20-8-10-6-12(18)3-4-14(10)17/h2-7,9H,8,19H2,1H3/t9-/m0/s1. The Bertz CT molecular complexity index is 617. The van der Waals surface area contributed by atoms with E-state index in [-0.39, 0.29) is 18.5 Å². The fourth-order valence-electron chi connectivity index (χ4n) is 1.82. The molecule has 0 aliphatic carbocycles. The molecule has 2 aromatic carbocycles. The minimum absolute atomic E-state index is 0.165. The minimum atomic E-state index is -0.350. The molecule has 2 N–H and O–H groups in total. The first kappa shape index (κ1) is 15.1. The average molecular weight is 314 g/mol. The predicted molar refractivity (Wildman–Crippen MR) is 79.8 cm³/mol. The summed E-state index contributed by atoms with van der Waals surface area (Å²) < 4.78 is 18.9. The van der Waals surface area contributed by atoms with Crippen LogP contribution in [-0.2, 0) is 6.61 Å². The first-order valence-corrected chi connectivity index (χ1v) is 6.84. The molecule has 0 aromatic heterocycles. The summed E-state index contributed by atoms with van der Waals surface area (Å²) in [4.78, 5) is 0. The zero-order chi connectivity index (χ0) is 14.7. The van der Waals surface area contributed by atoms with Crippen molar-refractivity contribution < 1.29 is 9.13 Å². The number of hydrogen-bond donors (Lipinski definition) is 1. The van der Waals surface area contributed by atoms with E-state index in [9.17, 15) is 4.39 Å².